The van der Waals surface area contributed by atoms with Crippen LogP contribution in [0.15, 0.2) is 24.3 Å². The second-order valence-electron chi connectivity index (χ2n) is 3.00. The summed E-state index contributed by atoms with van der Waals surface area (Å²) in [4.78, 5) is 12.8. The number of halogens is 1. The molecule has 0 heterocycles. The van der Waals surface area contributed by atoms with Gasteiger partial charge in [-0.05, 0) is 11.6 Å². The van der Waals surface area contributed by atoms with Crippen LogP contribution in [0.1, 0.15) is 5.56 Å². The topological polar surface area (TPSA) is 20.3 Å². The summed E-state index contributed by atoms with van der Waals surface area (Å²) in [5.41, 5.74) is 0.951. The molecular weight excluding hydrogens is 218 g/mol. The molecule has 0 atom stereocenters. The summed E-state index contributed by atoms with van der Waals surface area (Å²) in [5, 5.41) is 0.686. The number of hydrogen-bond donors (Lipinski definition) is 1. The Labute approximate surface area is 94.3 Å². The molecule has 0 N–H and O–H groups in total. The van der Waals surface area contributed by atoms with Gasteiger partial charge in [-0.25, -0.2) is 0 Å². The van der Waals surface area contributed by atoms with Gasteiger partial charge in [-0.2, -0.15) is 12.6 Å². The van der Waals surface area contributed by atoms with Crippen LogP contribution >= 0.6 is 24.2 Å². The molecule has 1 aromatic rings. The molecule has 2 nitrogen and oxygen atoms in total. The molecule has 4 heteroatoms. The second-order valence-corrected chi connectivity index (χ2v) is 3.72. The van der Waals surface area contributed by atoms with E-state index in [-0.39, 0.29) is 11.7 Å². The zero-order chi connectivity index (χ0) is 10.6. The molecule has 0 aliphatic carbocycles. The van der Waals surface area contributed by atoms with Crippen LogP contribution in [0.5, 0.6) is 0 Å². The van der Waals surface area contributed by atoms with Crippen molar-refractivity contribution < 1.29 is 4.79 Å². The summed E-state index contributed by atoms with van der Waals surface area (Å²) >= 11 is 9.88. The summed E-state index contributed by atoms with van der Waals surface area (Å²) in [7, 11) is 1.74. The lowest BCUT2D eigenvalue weighted by molar-refractivity contribution is -0.127. The number of carbonyl (C=O) groups excluding carboxylic acids is 1. The third-order valence-corrected chi connectivity index (χ3v) is 2.57. The highest BCUT2D eigenvalue weighted by atomic mass is 35.5. The average molecular weight is 230 g/mol. The number of thiol groups is 1. The highest BCUT2D eigenvalue weighted by Gasteiger charge is 2.08. The number of nitrogens with zero attached hydrogens (tertiary/aromatic N) is 1. The molecule has 1 amide bonds. The molecule has 0 aliphatic rings. The first-order valence-electron chi connectivity index (χ1n) is 4.23. The van der Waals surface area contributed by atoms with Crippen LogP contribution in [0.4, 0.5) is 0 Å². The molecule has 1 aromatic carbocycles. The summed E-state index contributed by atoms with van der Waals surface area (Å²) in [5.74, 6) is 0.217. The molecule has 0 aliphatic heterocycles. The maximum absolute atomic E-state index is 11.2. The van der Waals surface area contributed by atoms with E-state index in [1.807, 2.05) is 24.3 Å². The Balaban J connectivity index is 2.69. The minimum atomic E-state index is -0.00625. The van der Waals surface area contributed by atoms with Crippen molar-refractivity contribution in [1.82, 2.24) is 4.90 Å². The van der Waals surface area contributed by atoms with E-state index in [2.05, 4.69) is 12.6 Å². The van der Waals surface area contributed by atoms with E-state index < -0.39 is 0 Å². The Morgan fingerprint density at radius 1 is 1.50 bits per heavy atom. The predicted octanol–water partition coefficient (Wildman–Crippen LogP) is 2.23. The minimum Gasteiger partial charge on any atom is -0.341 e. The third-order valence-electron chi connectivity index (χ3n) is 1.93. The normalized spacial score (nSPS) is 9.93. The molecule has 0 bridgehead atoms. The summed E-state index contributed by atoms with van der Waals surface area (Å²) < 4.78 is 0. The average Bonchev–Trinajstić information content (AvgIpc) is 2.20. The first kappa shape index (κ1) is 11.4. The monoisotopic (exact) mass is 229 g/mol. The summed E-state index contributed by atoms with van der Waals surface area (Å²) in [6.07, 6.45) is 0. The zero-order valence-corrected chi connectivity index (χ0v) is 9.55. The van der Waals surface area contributed by atoms with Crippen molar-refractivity contribution >= 4 is 30.1 Å². The SMILES string of the molecule is CN(Cc1ccccc1Cl)C(=O)CS. The fraction of sp³-hybridized carbons (Fsp3) is 0.300. The van der Waals surface area contributed by atoms with Crippen molar-refractivity contribution in [3.63, 3.8) is 0 Å². The lowest BCUT2D eigenvalue weighted by Crippen LogP contribution is -2.27. The molecule has 76 valence electrons. The van der Waals surface area contributed by atoms with Gasteiger partial charge in [0.1, 0.15) is 0 Å². The van der Waals surface area contributed by atoms with Crippen LogP contribution in [0.25, 0.3) is 0 Å². The molecule has 0 spiro atoms. The van der Waals surface area contributed by atoms with Gasteiger partial charge in [-0.15, -0.1) is 0 Å². The van der Waals surface area contributed by atoms with Crippen LogP contribution in [0.2, 0.25) is 5.02 Å². The highest BCUT2D eigenvalue weighted by molar-refractivity contribution is 7.81. The number of hydrogen-bond acceptors (Lipinski definition) is 2. The first-order chi connectivity index (χ1) is 6.65. The molecule has 0 aromatic heterocycles. The van der Waals surface area contributed by atoms with Gasteiger partial charge in [0.15, 0.2) is 0 Å². The van der Waals surface area contributed by atoms with Gasteiger partial charge < -0.3 is 4.90 Å². The van der Waals surface area contributed by atoms with E-state index in [4.69, 9.17) is 11.6 Å². The number of amides is 1. The molecule has 0 radical (unpaired) electrons. The van der Waals surface area contributed by atoms with Crippen molar-refractivity contribution in [3.05, 3.63) is 34.9 Å². The van der Waals surface area contributed by atoms with Crippen molar-refractivity contribution in [2.75, 3.05) is 12.8 Å². The molecule has 0 unspecified atom stereocenters. The van der Waals surface area contributed by atoms with Crippen LogP contribution in [-0.2, 0) is 11.3 Å². The lowest BCUT2D eigenvalue weighted by Gasteiger charge is -2.16. The van der Waals surface area contributed by atoms with Gasteiger partial charge in [-0.1, -0.05) is 29.8 Å². The van der Waals surface area contributed by atoms with Crippen molar-refractivity contribution in [2.24, 2.45) is 0 Å². The molecule has 0 saturated carbocycles. The summed E-state index contributed by atoms with van der Waals surface area (Å²) in [6, 6.07) is 7.49. The van der Waals surface area contributed by atoms with Crippen LogP contribution in [0, 0.1) is 0 Å². The molecular formula is C10H12ClNOS. The first-order valence-corrected chi connectivity index (χ1v) is 5.24. The van der Waals surface area contributed by atoms with Crippen LogP contribution in [0.3, 0.4) is 0 Å². The zero-order valence-electron chi connectivity index (χ0n) is 7.90. The van der Waals surface area contributed by atoms with Crippen LogP contribution in [-0.4, -0.2) is 23.6 Å². The number of rotatable bonds is 3. The fourth-order valence-electron chi connectivity index (χ4n) is 1.09. The highest BCUT2D eigenvalue weighted by Crippen LogP contribution is 2.16. The Hall–Kier alpha value is -0.670. The van der Waals surface area contributed by atoms with Gasteiger partial charge in [0.05, 0.1) is 5.75 Å². The lowest BCUT2D eigenvalue weighted by atomic mass is 10.2. The van der Waals surface area contributed by atoms with E-state index in [0.717, 1.165) is 5.56 Å². The van der Waals surface area contributed by atoms with Gasteiger partial charge in [0, 0.05) is 18.6 Å². The fourth-order valence-corrected chi connectivity index (χ4v) is 1.53. The number of benzene rings is 1. The maximum Gasteiger partial charge on any atom is 0.232 e. The number of carbonyl (C=O) groups is 1. The van der Waals surface area contributed by atoms with Crippen molar-refractivity contribution in [1.29, 1.82) is 0 Å². The summed E-state index contributed by atoms with van der Waals surface area (Å²) in [6.45, 7) is 0.527. The van der Waals surface area contributed by atoms with Gasteiger partial charge in [0.25, 0.3) is 0 Å². The minimum absolute atomic E-state index is 0.00625. The molecule has 0 saturated heterocycles. The van der Waals surface area contributed by atoms with E-state index >= 15 is 0 Å². The van der Waals surface area contributed by atoms with Gasteiger partial charge in [0.2, 0.25) is 5.91 Å². The van der Waals surface area contributed by atoms with Crippen molar-refractivity contribution in [2.45, 2.75) is 6.54 Å². The maximum atomic E-state index is 11.2. The standard InChI is InChI=1S/C10H12ClNOS/c1-12(10(13)7-14)6-8-4-2-3-5-9(8)11/h2-5,14H,6-7H2,1H3. The Morgan fingerprint density at radius 2 is 2.14 bits per heavy atom. The van der Waals surface area contributed by atoms with Crippen LogP contribution < -0.4 is 0 Å². The smallest absolute Gasteiger partial charge is 0.232 e. The van der Waals surface area contributed by atoms with E-state index in [1.165, 1.54) is 0 Å². The van der Waals surface area contributed by atoms with E-state index in [0.29, 0.717) is 11.6 Å². The van der Waals surface area contributed by atoms with E-state index in [1.54, 1.807) is 11.9 Å². The Morgan fingerprint density at radius 3 is 2.71 bits per heavy atom. The molecule has 14 heavy (non-hydrogen) atoms. The second kappa shape index (κ2) is 5.27. The molecule has 1 rings (SSSR count). The Kier molecular flexibility index (Phi) is 4.29. The quantitative estimate of drug-likeness (QED) is 0.789. The molecule has 0 fully saturated rings. The van der Waals surface area contributed by atoms with Crippen molar-refractivity contribution in [3.8, 4) is 0 Å². The largest absolute Gasteiger partial charge is 0.341 e. The third kappa shape index (κ3) is 2.93. The predicted molar refractivity (Wildman–Crippen MR) is 61.8 cm³/mol. The van der Waals surface area contributed by atoms with Gasteiger partial charge >= 0.3 is 0 Å². The van der Waals surface area contributed by atoms with E-state index in [9.17, 15) is 4.79 Å². The van der Waals surface area contributed by atoms with Gasteiger partial charge in [-0.3, -0.25) is 4.79 Å². The Bertz CT molecular complexity index is 330.